The first-order valence-electron chi connectivity index (χ1n) is 30.2. The first-order valence-corrected chi connectivity index (χ1v) is 30.2. The third-order valence-corrected chi connectivity index (χ3v) is 13.9. The predicted octanol–water partition coefficient (Wildman–Crippen LogP) is 18.8. The zero-order valence-electron chi connectivity index (χ0n) is 45.6. The van der Waals surface area contributed by atoms with Gasteiger partial charge in [0.1, 0.15) is 0 Å². The predicted molar refractivity (Wildman–Crippen MR) is 296 cm³/mol. The molecule has 2 atom stereocenters. The molecule has 0 aliphatic carbocycles. The van der Waals surface area contributed by atoms with Crippen LogP contribution in [0.4, 0.5) is 0 Å². The molecule has 0 aromatic heterocycles. The van der Waals surface area contributed by atoms with Gasteiger partial charge in [0, 0.05) is 12.8 Å². The molecular formula is C62H117NO5. The fraction of sp³-hybridized carbons (Fsp3) is 0.871. The van der Waals surface area contributed by atoms with Gasteiger partial charge in [0.05, 0.1) is 25.4 Å². The number of aliphatic hydroxyl groups excluding tert-OH is 2. The van der Waals surface area contributed by atoms with E-state index in [1.807, 2.05) is 0 Å². The fourth-order valence-electron chi connectivity index (χ4n) is 9.25. The summed E-state index contributed by atoms with van der Waals surface area (Å²) in [6.07, 6.45) is 71.3. The maximum atomic E-state index is 12.5. The smallest absolute Gasteiger partial charge is 0.305 e. The van der Waals surface area contributed by atoms with E-state index in [4.69, 9.17) is 4.74 Å². The first-order chi connectivity index (χ1) is 33.5. The second-order valence-electron chi connectivity index (χ2n) is 20.7. The van der Waals surface area contributed by atoms with Gasteiger partial charge < -0.3 is 20.3 Å². The van der Waals surface area contributed by atoms with E-state index in [0.29, 0.717) is 25.9 Å². The molecular weight excluding hydrogens is 839 g/mol. The number of carbonyl (C=O) groups is 2. The van der Waals surface area contributed by atoms with Crippen LogP contribution >= 0.6 is 0 Å². The largest absolute Gasteiger partial charge is 0.466 e. The molecule has 400 valence electrons. The van der Waals surface area contributed by atoms with Gasteiger partial charge in [-0.25, -0.2) is 0 Å². The molecule has 0 aromatic carbocycles. The molecule has 0 radical (unpaired) electrons. The number of rotatable bonds is 56. The van der Waals surface area contributed by atoms with Gasteiger partial charge in [-0.05, 0) is 83.5 Å². The molecule has 0 saturated heterocycles. The zero-order chi connectivity index (χ0) is 49.3. The number of aliphatic hydroxyl groups is 2. The second-order valence-corrected chi connectivity index (χ2v) is 20.7. The number of esters is 1. The Balaban J connectivity index is 3.47. The molecule has 0 saturated carbocycles. The van der Waals surface area contributed by atoms with Gasteiger partial charge in [-0.2, -0.15) is 0 Å². The van der Waals surface area contributed by atoms with E-state index in [-0.39, 0.29) is 18.5 Å². The molecule has 0 bridgehead atoms. The topological polar surface area (TPSA) is 95.9 Å². The van der Waals surface area contributed by atoms with Crippen LogP contribution in [0, 0.1) is 0 Å². The lowest BCUT2D eigenvalue weighted by Gasteiger charge is -2.22. The summed E-state index contributed by atoms with van der Waals surface area (Å²) in [7, 11) is 0. The number of amides is 1. The van der Waals surface area contributed by atoms with Crippen molar-refractivity contribution in [3.63, 3.8) is 0 Å². The normalized spacial score (nSPS) is 12.8. The lowest BCUT2D eigenvalue weighted by atomic mass is 10.0. The maximum absolute atomic E-state index is 12.5. The van der Waals surface area contributed by atoms with Gasteiger partial charge in [-0.1, -0.05) is 262 Å². The van der Waals surface area contributed by atoms with Crippen LogP contribution in [0.15, 0.2) is 36.5 Å². The SMILES string of the molecule is CCCCC/C=C\C/C=C\CCCCCCCCCC(=O)OCCCCCC/C=C\CCCCCCCCCC(=O)NC(CO)C(O)CCCCCCCCCCCCCCCCCCCCC. The minimum absolute atomic E-state index is 0.0175. The Hall–Kier alpha value is -1.92. The summed E-state index contributed by atoms with van der Waals surface area (Å²) in [6.45, 7) is 4.91. The summed E-state index contributed by atoms with van der Waals surface area (Å²) in [5.41, 5.74) is 0. The molecule has 68 heavy (non-hydrogen) atoms. The zero-order valence-corrected chi connectivity index (χ0v) is 45.6. The van der Waals surface area contributed by atoms with Gasteiger partial charge in [-0.3, -0.25) is 9.59 Å². The minimum atomic E-state index is -0.676. The molecule has 3 N–H and O–H groups in total. The Morgan fingerprint density at radius 3 is 1.16 bits per heavy atom. The summed E-state index contributed by atoms with van der Waals surface area (Å²) in [6, 6.07) is -0.554. The van der Waals surface area contributed by atoms with E-state index in [1.165, 1.54) is 212 Å². The summed E-state index contributed by atoms with van der Waals surface area (Å²) in [5.74, 6) is -0.0660. The highest BCUT2D eigenvalue weighted by Crippen LogP contribution is 2.17. The monoisotopic (exact) mass is 956 g/mol. The van der Waals surface area contributed by atoms with Crippen LogP contribution in [0.5, 0.6) is 0 Å². The number of ether oxygens (including phenoxy) is 1. The lowest BCUT2D eigenvalue weighted by Crippen LogP contribution is -2.45. The van der Waals surface area contributed by atoms with Crippen LogP contribution < -0.4 is 5.32 Å². The highest BCUT2D eigenvalue weighted by molar-refractivity contribution is 5.76. The van der Waals surface area contributed by atoms with E-state index < -0.39 is 12.1 Å². The Morgan fingerprint density at radius 2 is 0.735 bits per heavy atom. The quantitative estimate of drug-likeness (QED) is 0.0321. The molecule has 6 heteroatoms. The van der Waals surface area contributed by atoms with E-state index in [9.17, 15) is 19.8 Å². The second kappa shape index (κ2) is 57.7. The first kappa shape index (κ1) is 66.1. The minimum Gasteiger partial charge on any atom is -0.466 e. The van der Waals surface area contributed by atoms with Crippen molar-refractivity contribution < 1.29 is 24.5 Å². The number of hydrogen-bond donors (Lipinski definition) is 3. The number of allylic oxidation sites excluding steroid dienone is 6. The van der Waals surface area contributed by atoms with E-state index in [1.54, 1.807) is 0 Å². The van der Waals surface area contributed by atoms with E-state index in [2.05, 4.69) is 55.6 Å². The van der Waals surface area contributed by atoms with Crippen molar-refractivity contribution in [3.05, 3.63) is 36.5 Å². The van der Waals surface area contributed by atoms with Crippen LogP contribution in [-0.4, -0.2) is 47.4 Å². The molecule has 0 aromatic rings. The van der Waals surface area contributed by atoms with Crippen LogP contribution in [-0.2, 0) is 14.3 Å². The van der Waals surface area contributed by atoms with E-state index in [0.717, 1.165) is 77.0 Å². The summed E-state index contributed by atoms with van der Waals surface area (Å²) >= 11 is 0. The van der Waals surface area contributed by atoms with Crippen LogP contribution in [0.3, 0.4) is 0 Å². The highest BCUT2D eigenvalue weighted by Gasteiger charge is 2.20. The Labute approximate surface area is 424 Å². The van der Waals surface area contributed by atoms with Gasteiger partial charge in [0.25, 0.3) is 0 Å². The highest BCUT2D eigenvalue weighted by atomic mass is 16.5. The summed E-state index contributed by atoms with van der Waals surface area (Å²) in [4.78, 5) is 24.6. The number of nitrogens with one attached hydrogen (secondary N) is 1. The average molecular weight is 957 g/mol. The molecule has 0 fully saturated rings. The van der Waals surface area contributed by atoms with Crippen molar-refractivity contribution in [2.75, 3.05) is 13.2 Å². The molecule has 1 amide bonds. The Bertz CT molecular complexity index is 1100. The van der Waals surface area contributed by atoms with Crippen molar-refractivity contribution >= 4 is 11.9 Å². The van der Waals surface area contributed by atoms with Crippen LogP contribution in [0.1, 0.15) is 322 Å². The van der Waals surface area contributed by atoms with Crippen molar-refractivity contribution in [1.29, 1.82) is 0 Å². The average Bonchev–Trinajstić information content (AvgIpc) is 3.34. The van der Waals surface area contributed by atoms with Crippen molar-refractivity contribution in [2.24, 2.45) is 0 Å². The lowest BCUT2D eigenvalue weighted by molar-refractivity contribution is -0.143. The molecule has 6 nitrogen and oxygen atoms in total. The van der Waals surface area contributed by atoms with Crippen LogP contribution in [0.25, 0.3) is 0 Å². The third kappa shape index (κ3) is 53.4. The molecule has 0 spiro atoms. The maximum Gasteiger partial charge on any atom is 0.305 e. The molecule has 0 aliphatic rings. The summed E-state index contributed by atoms with van der Waals surface area (Å²) in [5, 5.41) is 23.3. The van der Waals surface area contributed by atoms with Gasteiger partial charge in [0.2, 0.25) is 5.91 Å². The molecule has 0 aliphatic heterocycles. The third-order valence-electron chi connectivity index (χ3n) is 13.9. The fourth-order valence-corrected chi connectivity index (χ4v) is 9.25. The number of hydrogen-bond acceptors (Lipinski definition) is 5. The molecule has 0 heterocycles. The van der Waals surface area contributed by atoms with Gasteiger partial charge in [0.15, 0.2) is 0 Å². The standard InChI is InChI=1S/C62H117NO5/c1-3-5-7-9-11-13-15-17-19-21-22-24-26-30-34-38-42-46-50-54-60(65)59(58-64)63-61(66)55-51-47-43-39-35-31-27-25-29-33-37-41-45-49-53-57-68-62(67)56-52-48-44-40-36-32-28-23-20-18-16-14-12-10-8-6-4-2/h12,14,18,20,29,33,59-60,64-65H,3-11,13,15-17,19,21-28,30-32,34-58H2,1-2H3,(H,63,66)/b14-12-,20-18-,33-29-. The molecule has 0 rings (SSSR count). The number of unbranched alkanes of at least 4 members (excludes halogenated alkanes) is 39. The van der Waals surface area contributed by atoms with Gasteiger partial charge >= 0.3 is 5.97 Å². The van der Waals surface area contributed by atoms with Crippen molar-refractivity contribution in [3.8, 4) is 0 Å². The summed E-state index contributed by atoms with van der Waals surface area (Å²) < 4.78 is 5.47. The van der Waals surface area contributed by atoms with Crippen molar-refractivity contribution in [2.45, 2.75) is 334 Å². The molecule has 2 unspecified atom stereocenters. The Morgan fingerprint density at radius 1 is 0.412 bits per heavy atom. The Kier molecular flexibility index (Phi) is 56.0. The van der Waals surface area contributed by atoms with Crippen molar-refractivity contribution in [1.82, 2.24) is 5.32 Å². The van der Waals surface area contributed by atoms with Crippen LogP contribution in [0.2, 0.25) is 0 Å². The number of carbonyl (C=O) groups excluding carboxylic acids is 2. The van der Waals surface area contributed by atoms with E-state index >= 15 is 0 Å². The van der Waals surface area contributed by atoms with Gasteiger partial charge in [-0.15, -0.1) is 0 Å².